The van der Waals surface area contributed by atoms with Crippen LogP contribution in [0.2, 0.25) is 5.02 Å². The van der Waals surface area contributed by atoms with E-state index in [0.29, 0.717) is 21.1 Å². The highest BCUT2D eigenvalue weighted by atomic mass is 35.5. The molecule has 0 aliphatic rings. The van der Waals surface area contributed by atoms with Gasteiger partial charge >= 0.3 is 0 Å². The van der Waals surface area contributed by atoms with Gasteiger partial charge in [0, 0.05) is 5.69 Å². The number of hydrogen-bond donors (Lipinski definition) is 2. The van der Waals surface area contributed by atoms with Crippen molar-refractivity contribution >= 4 is 45.4 Å². The summed E-state index contributed by atoms with van der Waals surface area (Å²) in [5.41, 5.74) is 1.87. The highest BCUT2D eigenvalue weighted by Gasteiger charge is 2.18. The zero-order valence-corrected chi connectivity index (χ0v) is 16.5. The van der Waals surface area contributed by atoms with E-state index in [0.717, 1.165) is 29.0 Å². The van der Waals surface area contributed by atoms with Crippen molar-refractivity contribution in [1.29, 1.82) is 0 Å². The Bertz CT molecular complexity index is 1080. The van der Waals surface area contributed by atoms with E-state index in [1.165, 1.54) is 18.2 Å². The van der Waals surface area contributed by atoms with Crippen LogP contribution >= 0.6 is 22.9 Å². The SMILES string of the molecule is Cc1ccc(F)cc1NC(=O)c1sc(NC(=O)c2ccc(F)cc2Cl)cc1C. The van der Waals surface area contributed by atoms with Crippen molar-refractivity contribution in [3.63, 3.8) is 0 Å². The van der Waals surface area contributed by atoms with Crippen molar-refractivity contribution in [2.75, 3.05) is 10.6 Å². The first-order valence-corrected chi connectivity index (χ1v) is 9.38. The van der Waals surface area contributed by atoms with Gasteiger partial charge in [0.2, 0.25) is 0 Å². The second-order valence-electron chi connectivity index (χ2n) is 6.11. The second kappa shape index (κ2) is 8.08. The second-order valence-corrected chi connectivity index (χ2v) is 7.57. The van der Waals surface area contributed by atoms with E-state index in [-0.39, 0.29) is 10.6 Å². The maximum absolute atomic E-state index is 13.4. The Morgan fingerprint density at radius 2 is 1.57 bits per heavy atom. The average Bonchev–Trinajstić information content (AvgIpc) is 2.98. The van der Waals surface area contributed by atoms with Gasteiger partial charge in [-0.15, -0.1) is 11.3 Å². The molecule has 0 saturated carbocycles. The monoisotopic (exact) mass is 420 g/mol. The molecule has 1 aromatic heterocycles. The van der Waals surface area contributed by atoms with Crippen LogP contribution in [0.4, 0.5) is 19.5 Å². The van der Waals surface area contributed by atoms with Crippen LogP contribution in [0.5, 0.6) is 0 Å². The van der Waals surface area contributed by atoms with Gasteiger partial charge in [0.1, 0.15) is 11.6 Å². The van der Waals surface area contributed by atoms with Gasteiger partial charge in [0.05, 0.1) is 20.5 Å². The smallest absolute Gasteiger partial charge is 0.266 e. The quantitative estimate of drug-likeness (QED) is 0.560. The molecule has 0 atom stereocenters. The lowest BCUT2D eigenvalue weighted by Crippen LogP contribution is -2.12. The molecular formula is C20H15ClF2N2O2S. The Labute approximate surface area is 169 Å². The summed E-state index contributed by atoms with van der Waals surface area (Å²) in [5.74, 6) is -1.91. The third-order valence-electron chi connectivity index (χ3n) is 3.98. The molecule has 0 spiro atoms. The highest BCUT2D eigenvalue weighted by Crippen LogP contribution is 2.29. The van der Waals surface area contributed by atoms with E-state index in [2.05, 4.69) is 10.6 Å². The van der Waals surface area contributed by atoms with Gasteiger partial charge in [-0.1, -0.05) is 17.7 Å². The normalized spacial score (nSPS) is 10.6. The fourth-order valence-corrected chi connectivity index (χ4v) is 3.75. The summed E-state index contributed by atoms with van der Waals surface area (Å²) in [6.45, 7) is 3.48. The summed E-state index contributed by atoms with van der Waals surface area (Å²) >= 11 is 6.98. The molecule has 0 bridgehead atoms. The van der Waals surface area contributed by atoms with E-state index in [1.54, 1.807) is 26.0 Å². The van der Waals surface area contributed by atoms with Crippen molar-refractivity contribution in [3.05, 3.63) is 80.7 Å². The van der Waals surface area contributed by atoms with Crippen molar-refractivity contribution in [1.82, 2.24) is 0 Å². The van der Waals surface area contributed by atoms with Crippen LogP contribution in [-0.4, -0.2) is 11.8 Å². The van der Waals surface area contributed by atoms with Crippen molar-refractivity contribution in [2.45, 2.75) is 13.8 Å². The molecule has 8 heteroatoms. The number of aryl methyl sites for hydroxylation is 2. The largest absolute Gasteiger partial charge is 0.321 e. The zero-order valence-electron chi connectivity index (χ0n) is 14.9. The summed E-state index contributed by atoms with van der Waals surface area (Å²) < 4.78 is 26.5. The number of anilines is 2. The topological polar surface area (TPSA) is 58.2 Å². The number of carbonyl (C=O) groups is 2. The van der Waals surface area contributed by atoms with Crippen molar-refractivity contribution in [3.8, 4) is 0 Å². The van der Waals surface area contributed by atoms with Gasteiger partial charge in [-0.3, -0.25) is 9.59 Å². The molecule has 0 fully saturated rings. The minimum absolute atomic E-state index is 0.00896. The van der Waals surface area contributed by atoms with Gasteiger partial charge in [0.15, 0.2) is 0 Å². The van der Waals surface area contributed by atoms with Gasteiger partial charge in [-0.2, -0.15) is 0 Å². The van der Waals surface area contributed by atoms with Crippen LogP contribution in [0.25, 0.3) is 0 Å². The zero-order chi connectivity index (χ0) is 20.4. The van der Waals surface area contributed by atoms with Crippen LogP contribution < -0.4 is 10.6 Å². The molecule has 0 unspecified atom stereocenters. The Morgan fingerprint density at radius 3 is 2.29 bits per heavy atom. The summed E-state index contributed by atoms with van der Waals surface area (Å²) in [6.07, 6.45) is 0. The molecule has 3 aromatic rings. The predicted octanol–water partition coefficient (Wildman–Crippen LogP) is 5.80. The van der Waals surface area contributed by atoms with Crippen LogP contribution in [-0.2, 0) is 0 Å². The lowest BCUT2D eigenvalue weighted by atomic mass is 10.2. The lowest BCUT2D eigenvalue weighted by molar-refractivity contribution is 0.102. The van der Waals surface area contributed by atoms with Crippen LogP contribution in [0.3, 0.4) is 0 Å². The molecule has 28 heavy (non-hydrogen) atoms. The van der Waals surface area contributed by atoms with Crippen LogP contribution in [0.1, 0.15) is 31.2 Å². The Kier molecular flexibility index (Phi) is 5.76. The Hall–Kier alpha value is -2.77. The number of rotatable bonds is 4. The maximum Gasteiger partial charge on any atom is 0.266 e. The molecule has 0 aliphatic heterocycles. The third-order valence-corrected chi connectivity index (χ3v) is 5.45. The third kappa shape index (κ3) is 4.37. The number of carbonyl (C=O) groups excluding carboxylic acids is 2. The van der Waals surface area contributed by atoms with E-state index < -0.39 is 23.4 Å². The van der Waals surface area contributed by atoms with Gasteiger partial charge in [0.25, 0.3) is 11.8 Å². The molecule has 144 valence electrons. The molecule has 3 rings (SSSR count). The number of halogens is 3. The van der Waals surface area contributed by atoms with Gasteiger partial charge in [-0.05, 0) is 61.4 Å². The molecule has 1 heterocycles. The number of thiophene rings is 1. The van der Waals surface area contributed by atoms with Gasteiger partial charge < -0.3 is 10.6 Å². The van der Waals surface area contributed by atoms with Gasteiger partial charge in [-0.25, -0.2) is 8.78 Å². The van der Waals surface area contributed by atoms with E-state index in [9.17, 15) is 18.4 Å². The maximum atomic E-state index is 13.4. The number of benzene rings is 2. The average molecular weight is 421 g/mol. The lowest BCUT2D eigenvalue weighted by Gasteiger charge is -2.08. The molecule has 4 nitrogen and oxygen atoms in total. The summed E-state index contributed by atoms with van der Waals surface area (Å²) in [7, 11) is 0. The van der Waals surface area contributed by atoms with Crippen molar-refractivity contribution in [2.24, 2.45) is 0 Å². The minimum Gasteiger partial charge on any atom is -0.321 e. The van der Waals surface area contributed by atoms with E-state index >= 15 is 0 Å². The first-order valence-electron chi connectivity index (χ1n) is 8.19. The molecule has 0 aliphatic carbocycles. The highest BCUT2D eigenvalue weighted by molar-refractivity contribution is 7.18. The Balaban J connectivity index is 1.78. The molecule has 0 saturated heterocycles. The standard InChI is InChI=1S/C20H15ClF2N2O2S/c1-10-3-4-13(23)9-16(10)24-20(27)18-11(2)7-17(28-18)25-19(26)14-6-5-12(22)8-15(14)21/h3-9H,1-2H3,(H,24,27)(H,25,26). The molecular weight excluding hydrogens is 406 g/mol. The number of hydrogen-bond acceptors (Lipinski definition) is 3. The van der Waals surface area contributed by atoms with Crippen LogP contribution in [0, 0.1) is 25.5 Å². The number of nitrogens with one attached hydrogen (secondary N) is 2. The number of amides is 2. The summed E-state index contributed by atoms with van der Waals surface area (Å²) in [6, 6.07) is 9.26. The summed E-state index contributed by atoms with van der Waals surface area (Å²) in [4.78, 5) is 25.3. The Morgan fingerprint density at radius 1 is 0.893 bits per heavy atom. The van der Waals surface area contributed by atoms with Crippen LogP contribution in [0.15, 0.2) is 42.5 Å². The van der Waals surface area contributed by atoms with E-state index in [1.807, 2.05) is 0 Å². The predicted molar refractivity (Wildman–Crippen MR) is 108 cm³/mol. The van der Waals surface area contributed by atoms with E-state index in [4.69, 9.17) is 11.6 Å². The molecule has 0 radical (unpaired) electrons. The first-order chi connectivity index (χ1) is 13.2. The molecule has 2 aromatic carbocycles. The summed E-state index contributed by atoms with van der Waals surface area (Å²) in [5, 5.41) is 5.75. The van der Waals surface area contributed by atoms with Crippen molar-refractivity contribution < 1.29 is 18.4 Å². The minimum atomic E-state index is -0.542. The fraction of sp³-hybridized carbons (Fsp3) is 0.100. The molecule has 2 amide bonds. The first kappa shape index (κ1) is 20.0. The fourth-order valence-electron chi connectivity index (χ4n) is 2.53. The molecule has 2 N–H and O–H groups in total.